The zero-order valence-corrected chi connectivity index (χ0v) is 37.1. The van der Waals surface area contributed by atoms with E-state index >= 15 is 0 Å². The van der Waals surface area contributed by atoms with Gasteiger partial charge in [-0.15, -0.1) is 34.4 Å². The SMILES string of the molecule is CCC(C)(CC)C(=O)/C=C(\O)C(C)(CC)CC.[CH2-]c1c(-c2c3sc4c(C)c(CC(C)C)ccc4c3cc[n+]2[CH2-])cc(C(C)(C)C)c2ccccc12.[Ir]. The van der Waals surface area contributed by atoms with Gasteiger partial charge in [0.1, 0.15) is 5.76 Å². The van der Waals surface area contributed by atoms with E-state index in [4.69, 9.17) is 0 Å². The third-order valence-electron chi connectivity index (χ3n) is 11.6. The molecule has 0 saturated heterocycles. The van der Waals surface area contributed by atoms with E-state index in [2.05, 4.69) is 110 Å². The summed E-state index contributed by atoms with van der Waals surface area (Å²) < 4.78 is 4.72. The third-order valence-corrected chi connectivity index (χ3v) is 13.0. The molecular formula is C47H62IrNO2S-. The van der Waals surface area contributed by atoms with Gasteiger partial charge in [0.05, 0.1) is 11.9 Å². The number of aromatic nitrogens is 1. The second-order valence-corrected chi connectivity index (χ2v) is 17.5. The van der Waals surface area contributed by atoms with Crippen molar-refractivity contribution < 1.29 is 34.6 Å². The number of fused-ring (bicyclic) bond motifs is 4. The Balaban J connectivity index is 0.000000347. The van der Waals surface area contributed by atoms with E-state index in [1.807, 2.05) is 57.4 Å². The smallest absolute Gasteiger partial charge is 0.164 e. The van der Waals surface area contributed by atoms with Crippen LogP contribution in [0.5, 0.6) is 0 Å². The number of benzene rings is 3. The van der Waals surface area contributed by atoms with Crippen LogP contribution in [0.2, 0.25) is 0 Å². The minimum Gasteiger partial charge on any atom is -0.512 e. The summed E-state index contributed by atoms with van der Waals surface area (Å²) in [4.78, 5) is 12.2. The van der Waals surface area contributed by atoms with E-state index in [1.165, 1.54) is 59.3 Å². The molecule has 2 aromatic heterocycles. The number of hydrogen-bond acceptors (Lipinski definition) is 3. The Morgan fingerprint density at radius 3 is 1.94 bits per heavy atom. The van der Waals surface area contributed by atoms with Crippen LogP contribution >= 0.6 is 11.3 Å². The van der Waals surface area contributed by atoms with Crippen LogP contribution < -0.4 is 4.57 Å². The number of carbonyl (C=O) groups excluding carboxylic acids is 1. The molecule has 0 aliphatic carbocycles. The first kappa shape index (κ1) is 43.3. The van der Waals surface area contributed by atoms with Gasteiger partial charge in [-0.3, -0.25) is 4.79 Å². The molecular weight excluding hydrogens is 835 g/mol. The summed E-state index contributed by atoms with van der Waals surface area (Å²) in [6, 6.07) is 17.9. The average Bonchev–Trinajstić information content (AvgIpc) is 3.48. The van der Waals surface area contributed by atoms with Crippen LogP contribution in [0.3, 0.4) is 0 Å². The molecule has 3 nitrogen and oxygen atoms in total. The summed E-state index contributed by atoms with van der Waals surface area (Å²) in [5, 5.41) is 15.3. The molecule has 0 atom stereocenters. The molecule has 1 N–H and O–H groups in total. The standard InChI is InChI=1S/C32H34NS.C15H28O2.Ir/c1-19(2)17-22-13-14-25-26-15-16-33(8)29(31(26)34-30(25)20(22)3)27-18-28(32(5,6)7)24-12-10-9-11-23(24)21(27)4;1-7-14(5,8-2)12(16)11-13(17)15(6,9-3)10-4;/h9-16,18-19H,4,8,17H2,1-3,5-7H3;11,16H,7-10H2,1-6H3;/q-1;;/b;12-11-;. The predicted octanol–water partition coefficient (Wildman–Crippen LogP) is 13.4. The van der Waals surface area contributed by atoms with Crippen molar-refractivity contribution in [2.24, 2.45) is 16.7 Å². The maximum Gasteiger partial charge on any atom is 0.164 e. The van der Waals surface area contributed by atoms with Gasteiger partial charge < -0.3 is 9.67 Å². The summed E-state index contributed by atoms with van der Waals surface area (Å²) in [5.41, 5.74) is 7.04. The van der Waals surface area contributed by atoms with Crippen molar-refractivity contribution in [3.63, 3.8) is 0 Å². The summed E-state index contributed by atoms with van der Waals surface area (Å²) in [5.74, 6) is 0.930. The van der Waals surface area contributed by atoms with Crippen LogP contribution in [0, 0.1) is 37.6 Å². The maximum atomic E-state index is 12.2. The van der Waals surface area contributed by atoms with Crippen LogP contribution in [0.4, 0.5) is 0 Å². The molecule has 1 radical (unpaired) electrons. The first-order chi connectivity index (χ1) is 23.9. The van der Waals surface area contributed by atoms with Crippen LogP contribution in [0.15, 0.2) is 66.6 Å². The Morgan fingerprint density at radius 2 is 1.40 bits per heavy atom. The van der Waals surface area contributed by atoms with Gasteiger partial charge in [0.25, 0.3) is 0 Å². The fourth-order valence-corrected chi connectivity index (χ4v) is 8.34. The Hall–Kier alpha value is -3.11. The molecule has 2 heterocycles. The van der Waals surface area contributed by atoms with Gasteiger partial charge in [0.15, 0.2) is 5.78 Å². The van der Waals surface area contributed by atoms with Crippen molar-refractivity contribution in [3.8, 4) is 11.3 Å². The summed E-state index contributed by atoms with van der Waals surface area (Å²) >= 11 is 1.90. The molecule has 0 fully saturated rings. The Kier molecular flexibility index (Phi) is 14.1. The Labute approximate surface area is 332 Å². The quantitative estimate of drug-likeness (QED) is 0.0657. The number of ketones is 1. The van der Waals surface area contributed by atoms with E-state index in [1.54, 1.807) is 0 Å². The Morgan fingerprint density at radius 1 is 0.846 bits per heavy atom. The molecule has 0 unspecified atom stereocenters. The van der Waals surface area contributed by atoms with Crippen molar-refractivity contribution in [3.05, 3.63) is 103 Å². The number of nitrogens with zero attached hydrogens (tertiary/aromatic N) is 1. The minimum absolute atomic E-state index is 0. The van der Waals surface area contributed by atoms with E-state index in [9.17, 15) is 9.90 Å². The number of pyridine rings is 1. The normalized spacial score (nSPS) is 12.7. The van der Waals surface area contributed by atoms with Crippen molar-refractivity contribution in [2.45, 2.75) is 121 Å². The number of carbonyl (C=O) groups is 1. The van der Waals surface area contributed by atoms with E-state index in [-0.39, 0.29) is 47.9 Å². The Bertz CT molecular complexity index is 2070. The van der Waals surface area contributed by atoms with Crippen molar-refractivity contribution >= 4 is 48.1 Å². The first-order valence-corrected chi connectivity index (χ1v) is 19.7. The monoisotopic (exact) mass is 897 g/mol. The van der Waals surface area contributed by atoms with Gasteiger partial charge in [0, 0.05) is 53.5 Å². The average molecular weight is 897 g/mol. The number of hydrogen-bond donors (Lipinski definition) is 1. The summed E-state index contributed by atoms with van der Waals surface area (Å²) in [6.45, 7) is 30.4. The fourth-order valence-electron chi connectivity index (χ4n) is 6.95. The molecule has 5 heteroatoms. The maximum absolute atomic E-state index is 12.2. The van der Waals surface area contributed by atoms with Crippen molar-refractivity contribution in [1.29, 1.82) is 0 Å². The number of allylic oxidation sites excluding steroid dienone is 2. The first-order valence-electron chi connectivity index (χ1n) is 18.9. The van der Waals surface area contributed by atoms with Gasteiger partial charge >= 0.3 is 0 Å². The van der Waals surface area contributed by atoms with Crippen LogP contribution in [-0.2, 0) is 36.7 Å². The van der Waals surface area contributed by atoms with Crippen LogP contribution in [-0.4, -0.2) is 10.9 Å². The van der Waals surface area contributed by atoms with Crippen molar-refractivity contribution in [1.82, 2.24) is 0 Å². The van der Waals surface area contributed by atoms with Gasteiger partial charge in [-0.2, -0.15) is 12.5 Å². The molecule has 5 aromatic rings. The third kappa shape index (κ3) is 8.48. The second-order valence-electron chi connectivity index (χ2n) is 16.5. The van der Waals surface area contributed by atoms with Gasteiger partial charge in [-0.25, -0.2) is 0 Å². The molecule has 0 saturated carbocycles. The predicted molar refractivity (Wildman–Crippen MR) is 223 cm³/mol. The fraction of sp³-hybridized carbons (Fsp3) is 0.447. The molecule has 0 amide bonds. The molecule has 0 bridgehead atoms. The summed E-state index contributed by atoms with van der Waals surface area (Å²) in [6.07, 6.45) is 7.97. The molecule has 3 aromatic carbocycles. The number of thiophene rings is 1. The number of aryl methyl sites for hydroxylation is 1. The van der Waals surface area contributed by atoms with Crippen LogP contribution in [0.25, 0.3) is 42.2 Å². The van der Waals surface area contributed by atoms with E-state index < -0.39 is 0 Å². The van der Waals surface area contributed by atoms with Crippen molar-refractivity contribution in [2.75, 3.05) is 0 Å². The number of aliphatic hydroxyl groups excluding tert-OH is 1. The second kappa shape index (κ2) is 16.9. The molecule has 0 aliphatic rings. The largest absolute Gasteiger partial charge is 0.512 e. The van der Waals surface area contributed by atoms with Gasteiger partial charge in [-0.05, 0) is 78.3 Å². The zero-order valence-electron chi connectivity index (χ0n) is 33.8. The molecule has 0 aliphatic heterocycles. The molecule has 283 valence electrons. The topological polar surface area (TPSA) is 41.2 Å². The minimum atomic E-state index is -0.337. The van der Waals surface area contributed by atoms with Crippen LogP contribution in [0.1, 0.15) is 124 Å². The number of aliphatic hydroxyl groups is 1. The van der Waals surface area contributed by atoms with Gasteiger partial charge in [-0.1, -0.05) is 117 Å². The molecule has 0 spiro atoms. The summed E-state index contributed by atoms with van der Waals surface area (Å²) in [7, 11) is 4.41. The molecule has 5 rings (SSSR count). The van der Waals surface area contributed by atoms with E-state index in [0.29, 0.717) is 5.92 Å². The number of rotatable bonds is 10. The molecule has 52 heavy (non-hydrogen) atoms. The van der Waals surface area contributed by atoms with Gasteiger partial charge in [0.2, 0.25) is 0 Å². The zero-order chi connectivity index (χ0) is 38.1. The van der Waals surface area contributed by atoms with E-state index in [0.717, 1.165) is 43.4 Å².